The fourth-order valence-corrected chi connectivity index (χ4v) is 2.62. The number of nitro benzene ring substituents is 1. The Bertz CT molecular complexity index is 774. The third-order valence-electron chi connectivity index (χ3n) is 2.71. The van der Waals surface area contributed by atoms with Crippen LogP contribution in [0.4, 0.5) is 11.4 Å². The molecule has 0 spiro atoms. The van der Waals surface area contributed by atoms with Crippen molar-refractivity contribution in [2.75, 3.05) is 11.9 Å². The van der Waals surface area contributed by atoms with Crippen molar-refractivity contribution in [2.45, 2.75) is 6.92 Å². The van der Waals surface area contributed by atoms with Crippen LogP contribution in [0.1, 0.15) is 14.5 Å². The monoisotopic (exact) mass is 354 g/mol. The summed E-state index contributed by atoms with van der Waals surface area (Å²) >= 11 is 6.93. The van der Waals surface area contributed by atoms with Gasteiger partial charge in [0, 0.05) is 16.0 Å². The molecule has 0 aliphatic carbocycles. The highest BCUT2D eigenvalue weighted by molar-refractivity contribution is 7.13. The number of nitrogens with one attached hydrogen (secondary N) is 1. The lowest BCUT2D eigenvalue weighted by atomic mass is 10.2. The van der Waals surface area contributed by atoms with E-state index in [2.05, 4.69) is 5.32 Å². The van der Waals surface area contributed by atoms with Gasteiger partial charge < -0.3 is 10.1 Å². The summed E-state index contributed by atoms with van der Waals surface area (Å²) in [4.78, 5) is 35.1. The molecule has 1 aromatic carbocycles. The van der Waals surface area contributed by atoms with Crippen LogP contribution in [-0.4, -0.2) is 23.4 Å². The fourth-order valence-electron chi connectivity index (χ4n) is 1.69. The summed E-state index contributed by atoms with van der Waals surface area (Å²) in [5.74, 6) is -1.30. The summed E-state index contributed by atoms with van der Waals surface area (Å²) in [5, 5.41) is 13.4. The molecule has 120 valence electrons. The Balaban J connectivity index is 1.97. The zero-order valence-electron chi connectivity index (χ0n) is 11.9. The minimum Gasteiger partial charge on any atom is -0.451 e. The summed E-state index contributed by atoms with van der Waals surface area (Å²) in [7, 11) is 0. The maximum Gasteiger partial charge on any atom is 0.348 e. The number of nitrogens with zero attached hydrogens (tertiary/aromatic N) is 1. The number of aryl methyl sites for hydroxylation is 1. The molecular formula is C14H11ClN2O5S. The van der Waals surface area contributed by atoms with Crippen molar-refractivity contribution in [3.8, 4) is 0 Å². The standard InChI is InChI=1S/C14H11ClN2O5S/c1-8-2-5-12(23-8)14(19)22-7-13(18)16-10-4-3-9(15)6-11(10)17(20)21/h2-6H,7H2,1H3,(H,16,18). The number of hydrogen-bond donors (Lipinski definition) is 1. The van der Waals surface area contributed by atoms with Crippen LogP contribution in [0.2, 0.25) is 5.02 Å². The number of carbonyl (C=O) groups is 2. The van der Waals surface area contributed by atoms with E-state index in [9.17, 15) is 19.7 Å². The Morgan fingerprint density at radius 3 is 2.70 bits per heavy atom. The normalized spacial score (nSPS) is 10.2. The molecule has 0 saturated carbocycles. The highest BCUT2D eigenvalue weighted by Crippen LogP contribution is 2.27. The van der Waals surface area contributed by atoms with Gasteiger partial charge >= 0.3 is 5.97 Å². The van der Waals surface area contributed by atoms with Gasteiger partial charge in [0.2, 0.25) is 0 Å². The molecule has 0 saturated heterocycles. The summed E-state index contributed by atoms with van der Waals surface area (Å²) in [6.45, 7) is 1.30. The molecule has 0 fully saturated rings. The van der Waals surface area contributed by atoms with Gasteiger partial charge in [0.15, 0.2) is 6.61 Å². The van der Waals surface area contributed by atoms with Crippen molar-refractivity contribution in [2.24, 2.45) is 0 Å². The Morgan fingerprint density at radius 2 is 2.09 bits per heavy atom. The molecule has 1 amide bonds. The number of thiophene rings is 1. The first kappa shape index (κ1) is 16.9. The molecule has 2 aromatic rings. The van der Waals surface area contributed by atoms with Crippen LogP contribution < -0.4 is 5.32 Å². The third-order valence-corrected chi connectivity index (χ3v) is 3.92. The second kappa shape index (κ2) is 7.21. The van der Waals surface area contributed by atoms with Gasteiger partial charge in [-0.05, 0) is 31.2 Å². The van der Waals surface area contributed by atoms with Crippen molar-refractivity contribution in [3.05, 3.63) is 55.2 Å². The molecule has 1 heterocycles. The first-order chi connectivity index (χ1) is 10.9. The smallest absolute Gasteiger partial charge is 0.348 e. The number of ether oxygens (including phenoxy) is 1. The lowest BCUT2D eigenvalue weighted by Gasteiger charge is -2.07. The second-order valence-electron chi connectivity index (χ2n) is 4.45. The van der Waals surface area contributed by atoms with Gasteiger partial charge in [-0.2, -0.15) is 0 Å². The largest absolute Gasteiger partial charge is 0.451 e. The van der Waals surface area contributed by atoms with Crippen molar-refractivity contribution >= 4 is 46.2 Å². The van der Waals surface area contributed by atoms with E-state index >= 15 is 0 Å². The van der Waals surface area contributed by atoms with Crippen LogP contribution in [0.5, 0.6) is 0 Å². The molecular weight excluding hydrogens is 344 g/mol. The average molecular weight is 355 g/mol. The average Bonchev–Trinajstić information content (AvgIpc) is 2.93. The van der Waals surface area contributed by atoms with Gasteiger partial charge in [-0.1, -0.05) is 11.6 Å². The van der Waals surface area contributed by atoms with E-state index in [4.69, 9.17) is 16.3 Å². The lowest BCUT2D eigenvalue weighted by molar-refractivity contribution is -0.383. The van der Waals surface area contributed by atoms with E-state index in [0.717, 1.165) is 10.9 Å². The molecule has 2 rings (SSSR count). The Kier molecular flexibility index (Phi) is 5.30. The summed E-state index contributed by atoms with van der Waals surface area (Å²) in [6, 6.07) is 7.20. The van der Waals surface area contributed by atoms with Crippen molar-refractivity contribution in [1.82, 2.24) is 0 Å². The number of benzene rings is 1. The van der Waals surface area contributed by atoms with Crippen LogP contribution in [0, 0.1) is 17.0 Å². The van der Waals surface area contributed by atoms with E-state index in [1.807, 2.05) is 6.92 Å². The van der Waals surface area contributed by atoms with Crippen LogP contribution in [0.3, 0.4) is 0 Å². The number of amides is 1. The number of carbonyl (C=O) groups excluding carboxylic acids is 2. The molecule has 0 aliphatic heterocycles. The number of nitro groups is 1. The Morgan fingerprint density at radius 1 is 1.35 bits per heavy atom. The van der Waals surface area contributed by atoms with Gasteiger partial charge in [0.25, 0.3) is 11.6 Å². The van der Waals surface area contributed by atoms with E-state index < -0.39 is 23.4 Å². The highest BCUT2D eigenvalue weighted by Gasteiger charge is 2.18. The SMILES string of the molecule is Cc1ccc(C(=O)OCC(=O)Nc2ccc(Cl)cc2[N+](=O)[O-])s1. The number of rotatable bonds is 5. The lowest BCUT2D eigenvalue weighted by Crippen LogP contribution is -2.21. The van der Waals surface area contributed by atoms with E-state index in [0.29, 0.717) is 4.88 Å². The number of halogens is 1. The van der Waals surface area contributed by atoms with Gasteiger partial charge in [-0.3, -0.25) is 14.9 Å². The predicted molar refractivity (Wildman–Crippen MR) is 86.1 cm³/mol. The Hall–Kier alpha value is -2.45. The van der Waals surface area contributed by atoms with Gasteiger partial charge in [-0.25, -0.2) is 4.79 Å². The minimum absolute atomic E-state index is 0.0209. The van der Waals surface area contributed by atoms with E-state index in [1.54, 1.807) is 12.1 Å². The quantitative estimate of drug-likeness (QED) is 0.504. The van der Waals surface area contributed by atoms with E-state index in [1.165, 1.54) is 23.5 Å². The second-order valence-corrected chi connectivity index (χ2v) is 6.18. The van der Waals surface area contributed by atoms with E-state index in [-0.39, 0.29) is 16.4 Å². The van der Waals surface area contributed by atoms with Gasteiger partial charge in [0.05, 0.1) is 4.92 Å². The number of hydrogen-bond acceptors (Lipinski definition) is 6. The molecule has 1 N–H and O–H groups in total. The Labute approximate surface area is 140 Å². The van der Waals surface area contributed by atoms with Crippen molar-refractivity contribution in [1.29, 1.82) is 0 Å². The maximum atomic E-state index is 11.8. The summed E-state index contributed by atoms with van der Waals surface area (Å²) in [6.07, 6.45) is 0. The molecule has 7 nitrogen and oxygen atoms in total. The minimum atomic E-state index is -0.683. The molecule has 1 aromatic heterocycles. The van der Waals surface area contributed by atoms with Crippen LogP contribution in [-0.2, 0) is 9.53 Å². The topological polar surface area (TPSA) is 98.5 Å². The summed E-state index contributed by atoms with van der Waals surface area (Å²) in [5.41, 5.74) is -0.363. The third kappa shape index (κ3) is 4.51. The van der Waals surface area contributed by atoms with Gasteiger partial charge in [-0.15, -0.1) is 11.3 Å². The molecule has 0 bridgehead atoms. The molecule has 0 aliphatic rings. The van der Waals surface area contributed by atoms with Crippen LogP contribution in [0.25, 0.3) is 0 Å². The molecule has 0 atom stereocenters. The van der Waals surface area contributed by atoms with Crippen LogP contribution in [0.15, 0.2) is 30.3 Å². The van der Waals surface area contributed by atoms with Gasteiger partial charge in [0.1, 0.15) is 10.6 Å². The van der Waals surface area contributed by atoms with Crippen molar-refractivity contribution in [3.63, 3.8) is 0 Å². The number of anilines is 1. The van der Waals surface area contributed by atoms with Crippen molar-refractivity contribution < 1.29 is 19.2 Å². The van der Waals surface area contributed by atoms with Crippen LogP contribution >= 0.6 is 22.9 Å². The molecule has 9 heteroatoms. The zero-order valence-corrected chi connectivity index (χ0v) is 13.4. The fraction of sp³-hybridized carbons (Fsp3) is 0.143. The summed E-state index contributed by atoms with van der Waals surface area (Å²) < 4.78 is 4.86. The predicted octanol–water partition coefficient (Wildman–Crippen LogP) is 3.41. The molecule has 0 unspecified atom stereocenters. The first-order valence-corrected chi connectivity index (χ1v) is 7.53. The number of esters is 1. The molecule has 0 radical (unpaired) electrons. The molecule has 23 heavy (non-hydrogen) atoms. The highest BCUT2D eigenvalue weighted by atomic mass is 35.5. The maximum absolute atomic E-state index is 11.8. The first-order valence-electron chi connectivity index (χ1n) is 6.34. The zero-order chi connectivity index (χ0) is 17.0.